The molecule has 0 radical (unpaired) electrons. The highest BCUT2D eigenvalue weighted by atomic mass is 79.9. The Morgan fingerprint density at radius 2 is 2.12 bits per heavy atom. The topological polar surface area (TPSA) is 51.0 Å². The fourth-order valence-electron chi connectivity index (χ4n) is 3.66. The van der Waals surface area contributed by atoms with Crippen molar-refractivity contribution in [1.82, 2.24) is 19.7 Å². The molecule has 2 unspecified atom stereocenters. The van der Waals surface area contributed by atoms with Crippen LogP contribution in [0.25, 0.3) is 0 Å². The first-order valence-electron chi connectivity index (χ1n) is 8.83. The standard InChI is InChI=1S/C18H21BrN4OS/c1-2-14-20-18-23(21-14)17(24)16(25-18)15(22-9-4-3-5-10-22)12-7-6-8-13(19)11-12/h6-8,11,15-16H,2-5,9-10H2,1H3. The van der Waals surface area contributed by atoms with Crippen LogP contribution < -0.4 is 0 Å². The Morgan fingerprint density at radius 3 is 2.80 bits per heavy atom. The number of halogens is 1. The van der Waals surface area contributed by atoms with E-state index in [2.05, 4.69) is 43.0 Å². The highest BCUT2D eigenvalue weighted by Gasteiger charge is 2.43. The molecule has 0 N–H and O–H groups in total. The SMILES string of the molecule is CCc1nc2n(n1)C(=O)C(C(c1cccc(Br)c1)N1CCCCC1)S2. The van der Waals surface area contributed by atoms with Gasteiger partial charge in [-0.15, -0.1) is 5.10 Å². The lowest BCUT2D eigenvalue weighted by Crippen LogP contribution is -2.41. The van der Waals surface area contributed by atoms with Gasteiger partial charge in [0.15, 0.2) is 11.0 Å². The van der Waals surface area contributed by atoms with Crippen LogP contribution in [0.2, 0.25) is 0 Å². The van der Waals surface area contributed by atoms with Gasteiger partial charge in [-0.3, -0.25) is 9.69 Å². The minimum Gasteiger partial charge on any atom is -0.295 e. The van der Waals surface area contributed by atoms with Gasteiger partial charge in [0, 0.05) is 10.9 Å². The molecule has 0 amide bonds. The minimum atomic E-state index is -0.187. The number of hydrogen-bond acceptors (Lipinski definition) is 5. The predicted molar refractivity (Wildman–Crippen MR) is 102 cm³/mol. The average molecular weight is 421 g/mol. The molecule has 3 heterocycles. The molecule has 2 atom stereocenters. The molecule has 4 rings (SSSR count). The van der Waals surface area contributed by atoms with Gasteiger partial charge in [0.1, 0.15) is 5.25 Å². The van der Waals surface area contributed by atoms with E-state index in [0.29, 0.717) is 0 Å². The van der Waals surface area contributed by atoms with Crippen LogP contribution in [0.15, 0.2) is 33.9 Å². The molecule has 7 heteroatoms. The van der Waals surface area contributed by atoms with Gasteiger partial charge in [-0.05, 0) is 43.6 Å². The summed E-state index contributed by atoms with van der Waals surface area (Å²) in [4.78, 5) is 20.1. The molecule has 1 aromatic heterocycles. The molecule has 25 heavy (non-hydrogen) atoms. The van der Waals surface area contributed by atoms with Gasteiger partial charge in [-0.1, -0.05) is 53.2 Å². The minimum absolute atomic E-state index is 0.0581. The van der Waals surface area contributed by atoms with Crippen molar-refractivity contribution >= 4 is 33.6 Å². The van der Waals surface area contributed by atoms with Crippen LogP contribution in [0.5, 0.6) is 0 Å². The van der Waals surface area contributed by atoms with E-state index in [0.717, 1.165) is 35.0 Å². The number of fused-ring (bicyclic) bond motifs is 1. The summed E-state index contributed by atoms with van der Waals surface area (Å²) in [7, 11) is 0. The van der Waals surface area contributed by atoms with E-state index in [1.54, 1.807) is 11.8 Å². The van der Waals surface area contributed by atoms with Gasteiger partial charge < -0.3 is 0 Å². The van der Waals surface area contributed by atoms with Gasteiger partial charge in [0.05, 0.1) is 6.04 Å². The van der Waals surface area contributed by atoms with E-state index in [4.69, 9.17) is 0 Å². The first-order valence-corrected chi connectivity index (χ1v) is 10.5. The maximum absolute atomic E-state index is 13.1. The molecule has 2 aliphatic rings. The molecule has 2 aliphatic heterocycles. The largest absolute Gasteiger partial charge is 0.295 e. The number of likely N-dealkylation sites (tertiary alicyclic amines) is 1. The molecular weight excluding hydrogens is 400 g/mol. The van der Waals surface area contributed by atoms with Crippen molar-refractivity contribution in [3.63, 3.8) is 0 Å². The summed E-state index contributed by atoms with van der Waals surface area (Å²) in [6.07, 6.45) is 4.41. The van der Waals surface area contributed by atoms with Crippen molar-refractivity contribution in [2.45, 2.75) is 49.1 Å². The number of aromatic nitrogens is 3. The van der Waals surface area contributed by atoms with Crippen LogP contribution in [-0.4, -0.2) is 43.9 Å². The molecular formula is C18H21BrN4OS. The van der Waals surface area contributed by atoms with E-state index in [1.165, 1.54) is 29.5 Å². The van der Waals surface area contributed by atoms with Gasteiger partial charge >= 0.3 is 0 Å². The molecule has 0 bridgehead atoms. The lowest BCUT2D eigenvalue weighted by molar-refractivity contribution is 0.0818. The Kier molecular flexibility index (Phi) is 4.97. The Morgan fingerprint density at radius 1 is 1.32 bits per heavy atom. The van der Waals surface area contributed by atoms with Crippen LogP contribution in [0, 0.1) is 0 Å². The Bertz CT molecular complexity index is 787. The Hall–Kier alpha value is -1.18. The number of carbonyl (C=O) groups excluding carboxylic acids is 1. The molecule has 0 aliphatic carbocycles. The highest BCUT2D eigenvalue weighted by Crippen LogP contribution is 2.42. The molecule has 0 spiro atoms. The van der Waals surface area contributed by atoms with Crippen LogP contribution in [0.4, 0.5) is 0 Å². The average Bonchev–Trinajstić information content (AvgIpc) is 3.16. The molecule has 5 nitrogen and oxygen atoms in total. The summed E-state index contributed by atoms with van der Waals surface area (Å²) in [5.41, 5.74) is 1.18. The number of carbonyl (C=O) groups is 1. The van der Waals surface area contributed by atoms with E-state index in [9.17, 15) is 4.79 Å². The summed E-state index contributed by atoms with van der Waals surface area (Å²) < 4.78 is 2.56. The van der Waals surface area contributed by atoms with E-state index >= 15 is 0 Å². The van der Waals surface area contributed by atoms with E-state index in [-0.39, 0.29) is 17.2 Å². The fraction of sp³-hybridized carbons (Fsp3) is 0.500. The second-order valence-electron chi connectivity index (χ2n) is 6.55. The van der Waals surface area contributed by atoms with Gasteiger partial charge in [0.25, 0.3) is 5.91 Å². The monoisotopic (exact) mass is 420 g/mol. The van der Waals surface area contributed by atoms with Gasteiger partial charge in [-0.2, -0.15) is 4.68 Å². The van der Waals surface area contributed by atoms with Crippen LogP contribution in [0.1, 0.15) is 48.4 Å². The number of nitrogens with zero attached hydrogens (tertiary/aromatic N) is 4. The molecule has 1 aromatic carbocycles. The number of rotatable bonds is 4. The molecule has 0 saturated carbocycles. The van der Waals surface area contributed by atoms with Crippen molar-refractivity contribution < 1.29 is 4.79 Å². The number of thioether (sulfide) groups is 1. The van der Waals surface area contributed by atoms with E-state index < -0.39 is 0 Å². The molecule has 2 aromatic rings. The summed E-state index contributed by atoms with van der Waals surface area (Å²) in [6.45, 7) is 4.09. The predicted octanol–water partition coefficient (Wildman–Crippen LogP) is 3.94. The van der Waals surface area contributed by atoms with E-state index in [1.807, 2.05) is 19.1 Å². The van der Waals surface area contributed by atoms with Crippen LogP contribution in [-0.2, 0) is 6.42 Å². The zero-order chi connectivity index (χ0) is 17.4. The normalized spacial score (nSPS) is 22.2. The smallest absolute Gasteiger partial charge is 0.264 e. The third-order valence-electron chi connectivity index (χ3n) is 4.88. The molecule has 132 valence electrons. The summed E-state index contributed by atoms with van der Waals surface area (Å²) in [6, 6.07) is 8.40. The zero-order valence-corrected chi connectivity index (χ0v) is 16.6. The quantitative estimate of drug-likeness (QED) is 0.749. The van der Waals surface area contributed by atoms with Crippen molar-refractivity contribution in [2.24, 2.45) is 0 Å². The summed E-state index contributed by atoms with van der Waals surface area (Å²) in [5, 5.41) is 4.94. The lowest BCUT2D eigenvalue weighted by atomic mass is 9.98. The van der Waals surface area contributed by atoms with Crippen molar-refractivity contribution in [1.29, 1.82) is 0 Å². The first-order chi connectivity index (χ1) is 12.2. The van der Waals surface area contributed by atoms with Gasteiger partial charge in [-0.25, -0.2) is 4.98 Å². The van der Waals surface area contributed by atoms with Crippen LogP contribution in [0.3, 0.4) is 0 Å². The maximum atomic E-state index is 13.1. The Labute approximate surface area is 160 Å². The second-order valence-corrected chi connectivity index (χ2v) is 8.57. The first kappa shape index (κ1) is 17.2. The number of aryl methyl sites for hydroxylation is 1. The molecule has 1 fully saturated rings. The van der Waals surface area contributed by atoms with Crippen molar-refractivity contribution in [3.05, 3.63) is 40.1 Å². The number of benzene rings is 1. The van der Waals surface area contributed by atoms with Crippen molar-refractivity contribution in [3.8, 4) is 0 Å². The number of piperidine rings is 1. The summed E-state index contributed by atoms with van der Waals surface area (Å²) >= 11 is 5.14. The maximum Gasteiger partial charge on any atom is 0.264 e. The fourth-order valence-corrected chi connectivity index (χ4v) is 5.35. The summed E-state index contributed by atoms with van der Waals surface area (Å²) in [5.74, 6) is 0.800. The number of hydrogen-bond donors (Lipinski definition) is 0. The van der Waals surface area contributed by atoms with Gasteiger partial charge in [0.2, 0.25) is 0 Å². The zero-order valence-electron chi connectivity index (χ0n) is 14.2. The lowest BCUT2D eigenvalue weighted by Gasteiger charge is -2.37. The Balaban J connectivity index is 1.68. The molecule has 1 saturated heterocycles. The third kappa shape index (κ3) is 3.29. The third-order valence-corrected chi connectivity index (χ3v) is 6.56. The highest BCUT2D eigenvalue weighted by molar-refractivity contribution is 9.10. The second kappa shape index (κ2) is 7.21. The van der Waals surface area contributed by atoms with Crippen molar-refractivity contribution in [2.75, 3.05) is 13.1 Å². The van der Waals surface area contributed by atoms with Crippen LogP contribution >= 0.6 is 27.7 Å².